The number of halogens is 2. The summed E-state index contributed by atoms with van der Waals surface area (Å²) in [7, 11) is 0. The number of carbonyl (C=O) groups excluding carboxylic acids is 1. The average molecular weight is 575 g/mol. The maximum atomic E-state index is 12.6. The number of aromatic amines is 1. The van der Waals surface area contributed by atoms with Crippen molar-refractivity contribution >= 4 is 73.5 Å². The summed E-state index contributed by atoms with van der Waals surface area (Å²) in [6.07, 6.45) is 0. The number of aromatic nitrogens is 1. The van der Waals surface area contributed by atoms with Crippen LogP contribution in [0.15, 0.2) is 52.1 Å². The fourth-order valence-corrected chi connectivity index (χ4v) is 3.27. The molecule has 0 aliphatic carbocycles. The van der Waals surface area contributed by atoms with Gasteiger partial charge in [-0.05, 0) is 75.5 Å². The van der Waals surface area contributed by atoms with E-state index in [9.17, 15) is 19.5 Å². The molecule has 2 amide bonds. The predicted molar refractivity (Wildman–Crippen MR) is 117 cm³/mol. The standard InChI is InChI=1S/C17H11I2N3O4/c18-8-5-6-10(19)12(7-8)21-17(26)22-13-14(23)9-3-1-2-4-11(9)20-16(25)15(13)24/h1-7H,(H4,20,21,22,23,24,25,26). The van der Waals surface area contributed by atoms with Crippen molar-refractivity contribution < 1.29 is 9.90 Å². The van der Waals surface area contributed by atoms with E-state index in [2.05, 4.69) is 60.8 Å². The lowest BCUT2D eigenvalue weighted by molar-refractivity contribution is 0.262. The first-order chi connectivity index (χ1) is 12.4. The number of fused-ring (bicyclic) bond motifs is 1. The van der Waals surface area contributed by atoms with Gasteiger partial charge in [0.15, 0.2) is 0 Å². The van der Waals surface area contributed by atoms with Crippen molar-refractivity contribution in [3.63, 3.8) is 0 Å². The van der Waals surface area contributed by atoms with Crippen LogP contribution in [0.2, 0.25) is 0 Å². The molecule has 0 unspecified atom stereocenters. The van der Waals surface area contributed by atoms with Crippen LogP contribution >= 0.6 is 45.2 Å². The lowest BCUT2D eigenvalue weighted by Crippen LogP contribution is -2.24. The lowest BCUT2D eigenvalue weighted by atomic mass is 10.2. The smallest absolute Gasteiger partial charge is 0.323 e. The largest absolute Gasteiger partial charge is 0.501 e. The topological polar surface area (TPSA) is 111 Å². The summed E-state index contributed by atoms with van der Waals surface area (Å²) in [5, 5.41) is 15.1. The molecule has 0 aliphatic heterocycles. The first-order valence-electron chi connectivity index (χ1n) is 7.28. The number of rotatable bonds is 2. The van der Waals surface area contributed by atoms with Crippen molar-refractivity contribution in [2.75, 3.05) is 10.6 Å². The minimum atomic E-state index is -0.873. The van der Waals surface area contributed by atoms with Crippen molar-refractivity contribution in [2.24, 2.45) is 0 Å². The summed E-state index contributed by atoms with van der Waals surface area (Å²) in [5.74, 6) is -0.848. The maximum Gasteiger partial charge on any atom is 0.323 e. The second-order valence-corrected chi connectivity index (χ2v) is 7.66. The third kappa shape index (κ3) is 3.82. The lowest BCUT2D eigenvalue weighted by Gasteiger charge is -2.09. The van der Waals surface area contributed by atoms with E-state index in [0.717, 1.165) is 7.14 Å². The second kappa shape index (κ2) is 7.61. The van der Waals surface area contributed by atoms with E-state index in [-0.39, 0.29) is 10.9 Å². The van der Waals surface area contributed by atoms with Gasteiger partial charge in [0, 0.05) is 12.5 Å². The van der Waals surface area contributed by atoms with Gasteiger partial charge in [0.1, 0.15) is 5.69 Å². The molecule has 0 radical (unpaired) electrons. The summed E-state index contributed by atoms with van der Waals surface area (Å²) in [5.41, 5.74) is -1.21. The van der Waals surface area contributed by atoms with Gasteiger partial charge in [0.2, 0.25) is 11.2 Å². The van der Waals surface area contributed by atoms with E-state index in [1.807, 2.05) is 12.1 Å². The monoisotopic (exact) mass is 575 g/mol. The van der Waals surface area contributed by atoms with Crippen LogP contribution in [0.25, 0.3) is 10.9 Å². The molecule has 0 aliphatic rings. The van der Waals surface area contributed by atoms with Gasteiger partial charge in [-0.15, -0.1) is 0 Å². The van der Waals surface area contributed by atoms with Gasteiger partial charge in [-0.25, -0.2) is 4.79 Å². The Morgan fingerprint density at radius 3 is 2.54 bits per heavy atom. The van der Waals surface area contributed by atoms with E-state index in [0.29, 0.717) is 5.69 Å². The number of aromatic hydroxyl groups is 1. The SMILES string of the molecule is O=C(Nc1cc(I)ccc1I)Nc1c(O)c(=O)[nH]c2ccccc2c1=O. The molecule has 3 rings (SSSR count). The van der Waals surface area contributed by atoms with Crippen LogP contribution < -0.4 is 21.6 Å². The third-order valence-electron chi connectivity index (χ3n) is 3.51. The summed E-state index contributed by atoms with van der Waals surface area (Å²) in [6.45, 7) is 0. The number of urea groups is 1. The van der Waals surface area contributed by atoms with E-state index < -0.39 is 28.5 Å². The molecular weight excluding hydrogens is 564 g/mol. The second-order valence-electron chi connectivity index (χ2n) is 5.26. The first-order valence-corrected chi connectivity index (χ1v) is 9.44. The van der Waals surface area contributed by atoms with Gasteiger partial charge in [0.05, 0.1) is 11.2 Å². The van der Waals surface area contributed by atoms with Crippen LogP contribution in [-0.2, 0) is 0 Å². The molecule has 2 aromatic carbocycles. The van der Waals surface area contributed by atoms with E-state index >= 15 is 0 Å². The number of amides is 2. The summed E-state index contributed by atoms with van der Waals surface area (Å²) in [6, 6.07) is 11.0. The van der Waals surface area contributed by atoms with Gasteiger partial charge < -0.3 is 20.7 Å². The van der Waals surface area contributed by atoms with Crippen LogP contribution in [0.4, 0.5) is 16.2 Å². The quantitative estimate of drug-likeness (QED) is 0.351. The van der Waals surface area contributed by atoms with Crippen LogP contribution in [0.3, 0.4) is 0 Å². The molecule has 0 fully saturated rings. The molecule has 3 aromatic rings. The third-order valence-corrected chi connectivity index (χ3v) is 5.13. The number of carbonyl (C=O) groups is 1. The first kappa shape index (κ1) is 18.6. The Morgan fingerprint density at radius 1 is 1.04 bits per heavy atom. The molecule has 132 valence electrons. The highest BCUT2D eigenvalue weighted by Crippen LogP contribution is 2.22. The van der Waals surface area contributed by atoms with Gasteiger partial charge in [0.25, 0.3) is 5.56 Å². The number of hydrogen-bond acceptors (Lipinski definition) is 4. The molecule has 0 atom stereocenters. The van der Waals surface area contributed by atoms with Crippen LogP contribution in [0.1, 0.15) is 0 Å². The Balaban J connectivity index is 2.03. The number of para-hydroxylation sites is 1. The predicted octanol–water partition coefficient (Wildman–Crippen LogP) is 3.45. The normalized spacial score (nSPS) is 10.5. The van der Waals surface area contributed by atoms with Crippen molar-refractivity contribution in [3.05, 3.63) is 70.2 Å². The van der Waals surface area contributed by atoms with Gasteiger partial charge in [-0.2, -0.15) is 0 Å². The van der Waals surface area contributed by atoms with E-state index in [4.69, 9.17) is 0 Å². The highest BCUT2D eigenvalue weighted by molar-refractivity contribution is 14.1. The molecule has 7 nitrogen and oxygen atoms in total. The maximum absolute atomic E-state index is 12.6. The van der Waals surface area contributed by atoms with E-state index in [1.165, 1.54) is 12.1 Å². The van der Waals surface area contributed by atoms with Crippen LogP contribution in [-0.4, -0.2) is 16.1 Å². The van der Waals surface area contributed by atoms with Crippen molar-refractivity contribution in [1.82, 2.24) is 4.98 Å². The molecule has 0 bridgehead atoms. The van der Waals surface area contributed by atoms with Gasteiger partial charge >= 0.3 is 6.03 Å². The van der Waals surface area contributed by atoms with Crippen molar-refractivity contribution in [3.8, 4) is 5.75 Å². The number of anilines is 2. The molecule has 4 N–H and O–H groups in total. The Labute approximate surface area is 174 Å². The van der Waals surface area contributed by atoms with Gasteiger partial charge in [-0.3, -0.25) is 9.59 Å². The number of H-pyrrole nitrogens is 1. The van der Waals surface area contributed by atoms with Crippen LogP contribution in [0.5, 0.6) is 5.75 Å². The minimum Gasteiger partial charge on any atom is -0.501 e. The van der Waals surface area contributed by atoms with Gasteiger partial charge in [-0.1, -0.05) is 12.1 Å². The number of nitrogens with one attached hydrogen (secondary N) is 3. The summed E-state index contributed by atoms with van der Waals surface area (Å²) >= 11 is 4.17. The Hall–Kier alpha value is -2.15. The molecule has 26 heavy (non-hydrogen) atoms. The zero-order valence-electron chi connectivity index (χ0n) is 13.0. The Bertz CT molecular complexity index is 1140. The molecule has 9 heteroatoms. The molecule has 1 aromatic heterocycles. The molecule has 0 spiro atoms. The Kier molecular flexibility index (Phi) is 5.46. The fourth-order valence-electron chi connectivity index (χ4n) is 2.30. The molecule has 0 saturated carbocycles. The fraction of sp³-hybridized carbons (Fsp3) is 0. The number of hydrogen-bond donors (Lipinski definition) is 4. The highest BCUT2D eigenvalue weighted by atomic mass is 127. The zero-order valence-corrected chi connectivity index (χ0v) is 17.3. The summed E-state index contributed by atoms with van der Waals surface area (Å²) < 4.78 is 1.71. The zero-order chi connectivity index (χ0) is 18.8. The van der Waals surface area contributed by atoms with Crippen molar-refractivity contribution in [2.45, 2.75) is 0 Å². The minimum absolute atomic E-state index is 0.170. The average Bonchev–Trinajstić information content (AvgIpc) is 2.69. The number of benzene rings is 2. The van der Waals surface area contributed by atoms with Crippen LogP contribution in [0, 0.1) is 7.14 Å². The molecule has 1 heterocycles. The Morgan fingerprint density at radius 2 is 1.77 bits per heavy atom. The molecular formula is C17H11I2N3O4. The summed E-state index contributed by atoms with van der Waals surface area (Å²) in [4.78, 5) is 39.4. The van der Waals surface area contributed by atoms with Crippen molar-refractivity contribution in [1.29, 1.82) is 0 Å². The molecule has 0 saturated heterocycles. The highest BCUT2D eigenvalue weighted by Gasteiger charge is 2.16. The van der Waals surface area contributed by atoms with E-state index in [1.54, 1.807) is 18.2 Å².